The van der Waals surface area contributed by atoms with Crippen LogP contribution >= 0.6 is 16.8 Å². The van der Waals surface area contributed by atoms with Crippen LogP contribution in [0.25, 0.3) is 22.3 Å². The van der Waals surface area contributed by atoms with Crippen LogP contribution in [0.3, 0.4) is 0 Å². The molecule has 0 amide bonds. The monoisotopic (exact) mass is 576 g/mol. The molecule has 0 saturated heterocycles. The van der Waals surface area contributed by atoms with Gasteiger partial charge in [0, 0.05) is 16.7 Å². The van der Waals surface area contributed by atoms with E-state index in [2.05, 4.69) is 107 Å². The minimum absolute atomic E-state index is 0.357. The third kappa shape index (κ3) is 5.02. The Morgan fingerprint density at radius 1 is 0.537 bits per heavy atom. The summed E-state index contributed by atoms with van der Waals surface area (Å²) in [5.74, 6) is 2.49. The maximum Gasteiger partial charge on any atom is 0.326 e. The first-order valence-electron chi connectivity index (χ1n) is 13.7. The SMILES string of the molecule is Cc1ccc2c(c1)OP(OCc1ccccc1OP1Oc3cc(C)ccc3-c3ccc(C)cc31)c1cc(C)ccc1-2. The van der Waals surface area contributed by atoms with Crippen LogP contribution in [0.5, 0.6) is 17.2 Å². The van der Waals surface area contributed by atoms with Gasteiger partial charge in [0.25, 0.3) is 8.38 Å². The Hall–Kier alpha value is -3.68. The van der Waals surface area contributed by atoms with Crippen molar-refractivity contribution in [2.24, 2.45) is 0 Å². The van der Waals surface area contributed by atoms with E-state index >= 15 is 0 Å². The van der Waals surface area contributed by atoms with Crippen molar-refractivity contribution >= 4 is 27.4 Å². The van der Waals surface area contributed by atoms with E-state index in [4.69, 9.17) is 18.1 Å². The summed E-state index contributed by atoms with van der Waals surface area (Å²) in [6.45, 7) is 8.73. The molecule has 0 aliphatic carbocycles. The molecule has 7 rings (SSSR count). The maximum atomic E-state index is 6.69. The van der Waals surface area contributed by atoms with Crippen molar-refractivity contribution in [3.05, 3.63) is 125 Å². The molecule has 0 spiro atoms. The molecule has 2 aliphatic rings. The van der Waals surface area contributed by atoms with Gasteiger partial charge >= 0.3 is 8.38 Å². The van der Waals surface area contributed by atoms with E-state index in [0.717, 1.165) is 61.2 Å². The zero-order chi connectivity index (χ0) is 28.1. The van der Waals surface area contributed by atoms with Crippen molar-refractivity contribution < 1.29 is 18.1 Å². The Balaban J connectivity index is 1.18. The molecule has 4 nitrogen and oxygen atoms in total. The van der Waals surface area contributed by atoms with Gasteiger partial charge in [-0.25, -0.2) is 0 Å². The molecule has 5 aromatic carbocycles. The quantitative estimate of drug-likeness (QED) is 0.196. The number of hydrogen-bond acceptors (Lipinski definition) is 4. The normalized spacial score (nSPS) is 16.4. The zero-order valence-electron chi connectivity index (χ0n) is 23.5. The smallest absolute Gasteiger partial charge is 0.326 e. The number of benzene rings is 5. The van der Waals surface area contributed by atoms with Crippen molar-refractivity contribution in [3.63, 3.8) is 0 Å². The highest BCUT2D eigenvalue weighted by Crippen LogP contribution is 2.52. The Bertz CT molecular complexity index is 1800. The molecule has 204 valence electrons. The van der Waals surface area contributed by atoms with Crippen LogP contribution in [0.15, 0.2) is 97.1 Å². The molecular weight excluding hydrogens is 546 g/mol. The van der Waals surface area contributed by atoms with Gasteiger partial charge in [-0.15, -0.1) is 0 Å². The molecule has 6 heteroatoms. The van der Waals surface area contributed by atoms with Gasteiger partial charge in [0.15, 0.2) is 0 Å². The molecule has 2 aliphatic heterocycles. The van der Waals surface area contributed by atoms with Crippen LogP contribution in [0.2, 0.25) is 0 Å². The molecule has 0 fully saturated rings. The van der Waals surface area contributed by atoms with Gasteiger partial charge in [0.2, 0.25) is 0 Å². The first kappa shape index (κ1) is 26.2. The van der Waals surface area contributed by atoms with Gasteiger partial charge in [-0.2, -0.15) is 0 Å². The van der Waals surface area contributed by atoms with E-state index in [9.17, 15) is 0 Å². The first-order valence-corrected chi connectivity index (χ1v) is 16.1. The summed E-state index contributed by atoms with van der Waals surface area (Å²) in [6.07, 6.45) is 0. The minimum atomic E-state index is -1.39. The van der Waals surface area contributed by atoms with Crippen molar-refractivity contribution in [1.82, 2.24) is 0 Å². The van der Waals surface area contributed by atoms with E-state index in [-0.39, 0.29) is 0 Å². The van der Waals surface area contributed by atoms with Gasteiger partial charge in [-0.3, -0.25) is 0 Å². The number of rotatable bonds is 5. The fourth-order valence-electron chi connectivity index (χ4n) is 5.27. The standard InChI is InChI=1S/C35H30O4P2/c1-22-9-13-27-29-15-11-24(3)19-34(29)40(38-32(27)17-22)36-21-26-7-5-6-8-31(26)37-41-35-20-25(4)12-16-30(35)28-14-10-23(2)18-33(28)39-41/h5-20H,21H2,1-4H3. The average Bonchev–Trinajstić information content (AvgIpc) is 2.96. The Labute approximate surface area is 243 Å². The van der Waals surface area contributed by atoms with Gasteiger partial charge < -0.3 is 18.1 Å². The van der Waals surface area contributed by atoms with E-state index in [1.54, 1.807) is 0 Å². The van der Waals surface area contributed by atoms with E-state index in [0.29, 0.717) is 6.61 Å². The molecule has 2 unspecified atom stereocenters. The first-order chi connectivity index (χ1) is 19.9. The molecule has 0 N–H and O–H groups in total. The fourth-order valence-corrected chi connectivity index (χ4v) is 8.46. The second-order valence-corrected chi connectivity index (χ2v) is 13.5. The molecule has 0 bridgehead atoms. The molecule has 0 saturated carbocycles. The van der Waals surface area contributed by atoms with Crippen molar-refractivity contribution in [1.29, 1.82) is 0 Å². The third-order valence-electron chi connectivity index (χ3n) is 7.41. The molecular formula is C35H30O4P2. The van der Waals surface area contributed by atoms with Crippen molar-refractivity contribution in [2.75, 3.05) is 0 Å². The second-order valence-electron chi connectivity index (χ2n) is 10.7. The fraction of sp³-hybridized carbons (Fsp3) is 0.143. The zero-order valence-corrected chi connectivity index (χ0v) is 25.3. The predicted molar refractivity (Wildman–Crippen MR) is 169 cm³/mol. The molecule has 2 atom stereocenters. The highest BCUT2D eigenvalue weighted by atomic mass is 31.2. The van der Waals surface area contributed by atoms with Crippen LogP contribution in [-0.2, 0) is 11.1 Å². The summed E-state index contributed by atoms with van der Waals surface area (Å²) in [6, 6.07) is 33.8. The number of aryl methyl sites for hydroxylation is 4. The molecule has 5 aromatic rings. The lowest BCUT2D eigenvalue weighted by molar-refractivity contribution is 0.306. The lowest BCUT2D eigenvalue weighted by Crippen LogP contribution is -2.18. The molecule has 0 aromatic heterocycles. The topological polar surface area (TPSA) is 36.9 Å². The van der Waals surface area contributed by atoms with Gasteiger partial charge in [-0.05, 0) is 80.3 Å². The van der Waals surface area contributed by atoms with Crippen LogP contribution in [-0.4, -0.2) is 0 Å². The van der Waals surface area contributed by atoms with Crippen LogP contribution in [0.4, 0.5) is 0 Å². The molecule has 41 heavy (non-hydrogen) atoms. The lowest BCUT2D eigenvalue weighted by atomic mass is 10.0. The van der Waals surface area contributed by atoms with Crippen LogP contribution < -0.4 is 24.2 Å². The molecule has 0 radical (unpaired) electrons. The van der Waals surface area contributed by atoms with Gasteiger partial charge in [0.1, 0.15) is 17.2 Å². The maximum absolute atomic E-state index is 6.69. The summed E-state index contributed by atoms with van der Waals surface area (Å²) in [4.78, 5) is 0. The van der Waals surface area contributed by atoms with E-state index in [1.165, 1.54) is 16.7 Å². The average molecular weight is 577 g/mol. The van der Waals surface area contributed by atoms with E-state index < -0.39 is 16.8 Å². The number of fused-ring (bicyclic) bond motifs is 6. The second kappa shape index (κ2) is 10.6. The van der Waals surface area contributed by atoms with Gasteiger partial charge in [-0.1, -0.05) is 77.9 Å². The predicted octanol–water partition coefficient (Wildman–Crippen LogP) is 9.21. The minimum Gasteiger partial charge on any atom is -0.443 e. The largest absolute Gasteiger partial charge is 0.443 e. The highest BCUT2D eigenvalue weighted by Gasteiger charge is 2.31. The highest BCUT2D eigenvalue weighted by molar-refractivity contribution is 7.57. The van der Waals surface area contributed by atoms with Gasteiger partial charge in [0.05, 0.1) is 17.2 Å². The lowest BCUT2D eigenvalue weighted by Gasteiger charge is -2.29. The molecule has 2 heterocycles. The number of hydrogen-bond donors (Lipinski definition) is 0. The summed E-state index contributed by atoms with van der Waals surface area (Å²) in [7, 11) is -2.71. The third-order valence-corrected chi connectivity index (χ3v) is 10.4. The Kier molecular flexibility index (Phi) is 6.79. The Morgan fingerprint density at radius 3 is 1.63 bits per heavy atom. The summed E-state index contributed by atoms with van der Waals surface area (Å²) < 4.78 is 26.3. The Morgan fingerprint density at radius 2 is 1.02 bits per heavy atom. The van der Waals surface area contributed by atoms with Crippen LogP contribution in [0, 0.1) is 27.7 Å². The summed E-state index contributed by atoms with van der Waals surface area (Å²) in [5, 5.41) is 2.19. The van der Waals surface area contributed by atoms with E-state index in [1.807, 2.05) is 18.2 Å². The van der Waals surface area contributed by atoms with Crippen molar-refractivity contribution in [2.45, 2.75) is 34.3 Å². The van der Waals surface area contributed by atoms with Crippen molar-refractivity contribution in [3.8, 4) is 39.5 Å². The number of para-hydroxylation sites is 1. The summed E-state index contributed by atoms with van der Waals surface area (Å²) in [5.41, 5.74) is 10.2. The van der Waals surface area contributed by atoms with Crippen LogP contribution in [0.1, 0.15) is 27.8 Å². The summed E-state index contributed by atoms with van der Waals surface area (Å²) >= 11 is 0.